The highest BCUT2D eigenvalue weighted by atomic mass is 32.2. The Kier molecular flexibility index (Phi) is 3.42. The van der Waals surface area contributed by atoms with Gasteiger partial charge in [0.1, 0.15) is 0 Å². The third-order valence-electron chi connectivity index (χ3n) is 1.76. The van der Waals surface area contributed by atoms with Gasteiger partial charge in [0.25, 0.3) is 0 Å². The van der Waals surface area contributed by atoms with Crippen molar-refractivity contribution >= 4 is 17.3 Å². The average molecular weight is 178 g/mol. The van der Waals surface area contributed by atoms with E-state index >= 15 is 0 Å². The van der Waals surface area contributed by atoms with E-state index in [-0.39, 0.29) is 0 Å². The number of allylic oxidation sites excluding steroid dienone is 1. The standard InChI is InChI=1S/C11H14S/c1-9(2)11-6-4-10(5-7-11)8-12-3/h4-7H,1,8H2,2-3H3. The van der Waals surface area contributed by atoms with Crippen LogP contribution in [0.4, 0.5) is 0 Å². The SMILES string of the molecule is C=C(C)c1ccc(CSC)cc1. The van der Waals surface area contributed by atoms with Crippen LogP contribution in [0, 0.1) is 0 Å². The molecule has 0 bridgehead atoms. The second kappa shape index (κ2) is 4.36. The molecule has 0 nitrogen and oxygen atoms in total. The van der Waals surface area contributed by atoms with E-state index in [4.69, 9.17) is 0 Å². The van der Waals surface area contributed by atoms with Crippen LogP contribution in [0.15, 0.2) is 30.8 Å². The molecule has 0 aliphatic heterocycles. The quantitative estimate of drug-likeness (QED) is 0.681. The summed E-state index contributed by atoms with van der Waals surface area (Å²) in [6.45, 7) is 5.93. The highest BCUT2D eigenvalue weighted by molar-refractivity contribution is 7.97. The fourth-order valence-electron chi connectivity index (χ4n) is 1.05. The maximum absolute atomic E-state index is 3.90. The molecular formula is C11H14S. The average Bonchev–Trinajstić information content (AvgIpc) is 2.06. The molecule has 0 amide bonds. The Labute approximate surface area is 78.7 Å². The third kappa shape index (κ3) is 2.42. The minimum Gasteiger partial charge on any atom is -0.161 e. The first-order chi connectivity index (χ1) is 5.74. The summed E-state index contributed by atoms with van der Waals surface area (Å²) >= 11 is 1.85. The van der Waals surface area contributed by atoms with Crippen molar-refractivity contribution in [2.45, 2.75) is 12.7 Å². The van der Waals surface area contributed by atoms with Crippen LogP contribution in [0.5, 0.6) is 0 Å². The van der Waals surface area contributed by atoms with Crippen molar-refractivity contribution in [2.75, 3.05) is 6.26 Å². The highest BCUT2D eigenvalue weighted by Crippen LogP contribution is 2.14. The molecule has 0 unspecified atom stereocenters. The Morgan fingerprint density at radius 1 is 1.33 bits per heavy atom. The highest BCUT2D eigenvalue weighted by Gasteiger charge is 1.93. The number of benzene rings is 1. The van der Waals surface area contributed by atoms with Crippen molar-refractivity contribution in [3.05, 3.63) is 42.0 Å². The van der Waals surface area contributed by atoms with Gasteiger partial charge < -0.3 is 0 Å². The lowest BCUT2D eigenvalue weighted by Crippen LogP contribution is -1.81. The summed E-state index contributed by atoms with van der Waals surface area (Å²) in [5, 5.41) is 0. The Bertz CT molecular complexity index is 259. The molecule has 0 heterocycles. The first-order valence-electron chi connectivity index (χ1n) is 3.98. The van der Waals surface area contributed by atoms with E-state index in [2.05, 4.69) is 37.1 Å². The molecule has 1 rings (SSSR count). The molecule has 0 N–H and O–H groups in total. The molecule has 1 aromatic rings. The van der Waals surface area contributed by atoms with Gasteiger partial charge in [0.05, 0.1) is 0 Å². The van der Waals surface area contributed by atoms with Crippen molar-refractivity contribution in [3.8, 4) is 0 Å². The normalized spacial score (nSPS) is 9.83. The summed E-state index contributed by atoms with van der Waals surface area (Å²) in [6.07, 6.45) is 2.12. The van der Waals surface area contributed by atoms with E-state index in [1.54, 1.807) is 0 Å². The number of thioether (sulfide) groups is 1. The molecule has 0 aromatic heterocycles. The summed E-state index contributed by atoms with van der Waals surface area (Å²) < 4.78 is 0. The lowest BCUT2D eigenvalue weighted by molar-refractivity contribution is 1.40. The molecule has 12 heavy (non-hydrogen) atoms. The molecule has 1 aromatic carbocycles. The minimum atomic E-state index is 1.09. The molecule has 0 fully saturated rings. The van der Waals surface area contributed by atoms with Gasteiger partial charge in [-0.2, -0.15) is 11.8 Å². The van der Waals surface area contributed by atoms with Gasteiger partial charge in [0.2, 0.25) is 0 Å². The minimum absolute atomic E-state index is 1.09. The van der Waals surface area contributed by atoms with Gasteiger partial charge in [-0.1, -0.05) is 36.4 Å². The smallest absolute Gasteiger partial charge is 0.0181 e. The first-order valence-corrected chi connectivity index (χ1v) is 5.37. The van der Waals surface area contributed by atoms with Crippen LogP contribution in [0.1, 0.15) is 18.1 Å². The first kappa shape index (κ1) is 9.40. The van der Waals surface area contributed by atoms with Gasteiger partial charge in [0.15, 0.2) is 0 Å². The summed E-state index contributed by atoms with van der Waals surface area (Å²) in [5.41, 5.74) is 3.75. The fraction of sp³-hybridized carbons (Fsp3) is 0.273. The van der Waals surface area contributed by atoms with Gasteiger partial charge >= 0.3 is 0 Å². The molecule has 0 saturated heterocycles. The Balaban J connectivity index is 2.78. The Morgan fingerprint density at radius 3 is 2.33 bits per heavy atom. The van der Waals surface area contributed by atoms with Gasteiger partial charge in [-0.05, 0) is 24.3 Å². The van der Waals surface area contributed by atoms with Gasteiger partial charge in [-0.25, -0.2) is 0 Å². The van der Waals surface area contributed by atoms with E-state index in [1.807, 2.05) is 18.7 Å². The fourth-order valence-corrected chi connectivity index (χ4v) is 1.58. The van der Waals surface area contributed by atoms with Crippen molar-refractivity contribution in [1.82, 2.24) is 0 Å². The maximum atomic E-state index is 3.90. The number of hydrogen-bond acceptors (Lipinski definition) is 1. The third-order valence-corrected chi connectivity index (χ3v) is 2.38. The zero-order valence-corrected chi connectivity index (χ0v) is 8.45. The maximum Gasteiger partial charge on any atom is 0.0181 e. The van der Waals surface area contributed by atoms with Gasteiger partial charge in [-0.3, -0.25) is 0 Å². The van der Waals surface area contributed by atoms with Crippen LogP contribution in [0.25, 0.3) is 5.57 Å². The predicted molar refractivity (Wildman–Crippen MR) is 58.4 cm³/mol. The van der Waals surface area contributed by atoms with E-state index in [1.165, 1.54) is 11.1 Å². The van der Waals surface area contributed by atoms with Crippen LogP contribution in [-0.4, -0.2) is 6.26 Å². The number of rotatable bonds is 3. The number of hydrogen-bond donors (Lipinski definition) is 0. The molecule has 0 saturated carbocycles. The largest absolute Gasteiger partial charge is 0.161 e. The van der Waals surface area contributed by atoms with Gasteiger partial charge in [-0.15, -0.1) is 0 Å². The lowest BCUT2D eigenvalue weighted by atomic mass is 10.1. The van der Waals surface area contributed by atoms with Crippen LogP contribution in [-0.2, 0) is 5.75 Å². The summed E-state index contributed by atoms with van der Waals surface area (Å²) in [7, 11) is 0. The van der Waals surface area contributed by atoms with Crippen LogP contribution < -0.4 is 0 Å². The lowest BCUT2D eigenvalue weighted by Gasteiger charge is -2.01. The van der Waals surface area contributed by atoms with Crippen molar-refractivity contribution < 1.29 is 0 Å². The van der Waals surface area contributed by atoms with E-state index in [9.17, 15) is 0 Å². The van der Waals surface area contributed by atoms with Crippen molar-refractivity contribution in [2.24, 2.45) is 0 Å². The molecule has 0 aliphatic rings. The predicted octanol–water partition coefficient (Wildman–Crippen LogP) is 3.58. The molecule has 64 valence electrons. The summed E-state index contributed by atoms with van der Waals surface area (Å²) in [6, 6.07) is 8.60. The molecule has 0 aliphatic carbocycles. The van der Waals surface area contributed by atoms with E-state index in [0.29, 0.717) is 0 Å². The summed E-state index contributed by atoms with van der Waals surface area (Å²) in [4.78, 5) is 0. The monoisotopic (exact) mass is 178 g/mol. The van der Waals surface area contributed by atoms with Crippen molar-refractivity contribution in [1.29, 1.82) is 0 Å². The van der Waals surface area contributed by atoms with Crippen LogP contribution in [0.2, 0.25) is 0 Å². The zero-order chi connectivity index (χ0) is 8.97. The molecule has 0 radical (unpaired) electrons. The van der Waals surface area contributed by atoms with Crippen LogP contribution >= 0.6 is 11.8 Å². The second-order valence-corrected chi connectivity index (χ2v) is 3.78. The van der Waals surface area contributed by atoms with Gasteiger partial charge in [0, 0.05) is 5.75 Å². The Hall–Kier alpha value is -0.690. The Morgan fingerprint density at radius 2 is 1.92 bits per heavy atom. The zero-order valence-electron chi connectivity index (χ0n) is 7.63. The van der Waals surface area contributed by atoms with E-state index < -0.39 is 0 Å². The molecule has 1 heteroatoms. The van der Waals surface area contributed by atoms with Crippen LogP contribution in [0.3, 0.4) is 0 Å². The topological polar surface area (TPSA) is 0 Å². The molecule has 0 spiro atoms. The second-order valence-electron chi connectivity index (χ2n) is 2.91. The summed E-state index contributed by atoms with van der Waals surface area (Å²) in [5.74, 6) is 1.09. The van der Waals surface area contributed by atoms with E-state index in [0.717, 1.165) is 11.3 Å². The van der Waals surface area contributed by atoms with Crippen molar-refractivity contribution in [3.63, 3.8) is 0 Å². The molecule has 0 atom stereocenters. The molecular weight excluding hydrogens is 164 g/mol.